The zero-order valence-corrected chi connectivity index (χ0v) is 21.5. The number of methoxy groups -OCH3 is 1. The molecule has 180 valence electrons. The van der Waals surface area contributed by atoms with Gasteiger partial charge >= 0.3 is 0 Å². The molecule has 2 amide bonds. The fourth-order valence-corrected chi connectivity index (χ4v) is 4.14. The van der Waals surface area contributed by atoms with Crippen LogP contribution in [0.3, 0.4) is 0 Å². The van der Waals surface area contributed by atoms with Gasteiger partial charge in [-0.05, 0) is 48.4 Å². The van der Waals surface area contributed by atoms with Crippen LogP contribution in [0.25, 0.3) is 0 Å². The van der Waals surface area contributed by atoms with Crippen LogP contribution in [0.1, 0.15) is 36.1 Å². The maximum absolute atomic E-state index is 12.8. The van der Waals surface area contributed by atoms with Crippen molar-refractivity contribution in [1.29, 1.82) is 0 Å². The number of nitrogens with one attached hydrogen (secondary N) is 2. The quantitative estimate of drug-likeness (QED) is 0.385. The molecule has 1 atom stereocenters. The number of rotatable bonds is 9. The number of carbonyl (C=O) groups excluding carboxylic acids is 2. The van der Waals surface area contributed by atoms with Crippen LogP contribution >= 0.6 is 35.0 Å². The lowest BCUT2D eigenvalue weighted by Gasteiger charge is -2.21. The predicted octanol–water partition coefficient (Wildman–Crippen LogP) is 4.99. The van der Waals surface area contributed by atoms with E-state index in [1.165, 1.54) is 11.8 Å². The molecule has 0 aliphatic carbocycles. The average molecular weight is 522 g/mol. The zero-order chi connectivity index (χ0) is 24.8. The molecule has 1 heterocycles. The van der Waals surface area contributed by atoms with Gasteiger partial charge in [0.15, 0.2) is 11.0 Å². The summed E-state index contributed by atoms with van der Waals surface area (Å²) < 4.78 is 6.93. The highest BCUT2D eigenvalue weighted by Gasteiger charge is 2.25. The van der Waals surface area contributed by atoms with Crippen molar-refractivity contribution < 1.29 is 14.3 Å². The summed E-state index contributed by atoms with van der Waals surface area (Å²) in [5, 5.41) is 15.6. The van der Waals surface area contributed by atoms with Gasteiger partial charge in [0.25, 0.3) is 5.91 Å². The fourth-order valence-electron chi connectivity index (χ4n) is 3.12. The van der Waals surface area contributed by atoms with E-state index in [-0.39, 0.29) is 29.5 Å². The van der Waals surface area contributed by atoms with E-state index in [2.05, 4.69) is 20.8 Å². The second-order valence-corrected chi connectivity index (χ2v) is 9.55. The minimum atomic E-state index is -0.369. The number of nitrogens with zero attached hydrogens (tertiary/aromatic N) is 3. The first-order valence-electron chi connectivity index (χ1n) is 10.4. The van der Waals surface area contributed by atoms with Crippen LogP contribution in [-0.4, -0.2) is 39.4 Å². The third-order valence-electron chi connectivity index (χ3n) is 4.99. The van der Waals surface area contributed by atoms with Gasteiger partial charge in [0.05, 0.1) is 28.9 Å². The number of anilines is 1. The number of ether oxygens (including phenoxy) is 1. The van der Waals surface area contributed by atoms with Crippen molar-refractivity contribution in [3.63, 3.8) is 0 Å². The number of hydrogen-bond acceptors (Lipinski definition) is 6. The zero-order valence-electron chi connectivity index (χ0n) is 19.1. The molecule has 0 aliphatic heterocycles. The minimum Gasteiger partial charge on any atom is -0.497 e. The Hall–Kier alpha value is -2.75. The molecule has 1 unspecified atom stereocenters. The molecular weight excluding hydrogens is 497 g/mol. The molecule has 34 heavy (non-hydrogen) atoms. The van der Waals surface area contributed by atoms with E-state index < -0.39 is 0 Å². The molecule has 0 aliphatic rings. The molecule has 0 spiro atoms. The number of benzene rings is 2. The Kier molecular flexibility index (Phi) is 8.82. The van der Waals surface area contributed by atoms with E-state index in [0.717, 1.165) is 0 Å². The summed E-state index contributed by atoms with van der Waals surface area (Å²) in [5.41, 5.74) is 1.07. The van der Waals surface area contributed by atoms with Crippen LogP contribution in [0.5, 0.6) is 5.75 Å². The number of amides is 2. The van der Waals surface area contributed by atoms with Crippen molar-refractivity contribution in [2.24, 2.45) is 13.0 Å². The van der Waals surface area contributed by atoms with Crippen LogP contribution in [0.2, 0.25) is 10.0 Å². The smallest absolute Gasteiger partial charge is 0.251 e. The molecule has 1 aromatic heterocycles. The second kappa shape index (κ2) is 11.6. The van der Waals surface area contributed by atoms with E-state index in [1.54, 1.807) is 54.1 Å². The number of thioether (sulfide) groups is 1. The Morgan fingerprint density at radius 2 is 1.79 bits per heavy atom. The van der Waals surface area contributed by atoms with Crippen molar-refractivity contribution in [2.45, 2.75) is 25.0 Å². The van der Waals surface area contributed by atoms with Gasteiger partial charge in [0.1, 0.15) is 5.75 Å². The first-order chi connectivity index (χ1) is 16.2. The van der Waals surface area contributed by atoms with E-state index in [1.807, 2.05) is 20.9 Å². The van der Waals surface area contributed by atoms with Gasteiger partial charge in [0.2, 0.25) is 5.91 Å². The molecular formula is C23H25Cl2N5O3S. The minimum absolute atomic E-state index is 0.0564. The van der Waals surface area contributed by atoms with E-state index in [9.17, 15) is 9.59 Å². The van der Waals surface area contributed by atoms with Gasteiger partial charge < -0.3 is 19.9 Å². The first-order valence-corrected chi connectivity index (χ1v) is 12.2. The summed E-state index contributed by atoms with van der Waals surface area (Å²) in [6.45, 7) is 3.98. The maximum atomic E-state index is 12.8. The molecule has 2 aromatic carbocycles. The largest absolute Gasteiger partial charge is 0.497 e. The number of carbonyl (C=O) groups is 2. The SMILES string of the molecule is COc1ccc(C(=O)NC(c2nnc(SCC(=O)Nc3ccc(Cl)c(Cl)c3)n2C)C(C)C)cc1. The molecule has 0 radical (unpaired) electrons. The van der Waals surface area contributed by atoms with Gasteiger partial charge in [-0.1, -0.05) is 48.8 Å². The van der Waals surface area contributed by atoms with Crippen LogP contribution in [0, 0.1) is 5.92 Å². The number of aromatic nitrogens is 3. The summed E-state index contributed by atoms with van der Waals surface area (Å²) in [5.74, 6) is 1.01. The van der Waals surface area contributed by atoms with Gasteiger partial charge in [-0.2, -0.15) is 0 Å². The number of halogens is 2. The van der Waals surface area contributed by atoms with Crippen molar-refractivity contribution >= 4 is 52.5 Å². The summed E-state index contributed by atoms with van der Waals surface area (Å²) in [6.07, 6.45) is 0. The van der Waals surface area contributed by atoms with Gasteiger partial charge in [-0.25, -0.2) is 0 Å². The average Bonchev–Trinajstić information content (AvgIpc) is 3.18. The summed E-state index contributed by atoms with van der Waals surface area (Å²) in [6, 6.07) is 11.4. The summed E-state index contributed by atoms with van der Waals surface area (Å²) in [7, 11) is 3.38. The lowest BCUT2D eigenvalue weighted by Crippen LogP contribution is -2.33. The topological polar surface area (TPSA) is 98.1 Å². The van der Waals surface area contributed by atoms with Crippen molar-refractivity contribution in [3.05, 3.63) is 63.9 Å². The normalized spacial score (nSPS) is 11.9. The van der Waals surface area contributed by atoms with Gasteiger partial charge in [-0.15, -0.1) is 10.2 Å². The standard InChI is InChI=1S/C23H25Cl2N5O3S/c1-13(2)20(27-22(32)14-5-8-16(33-4)9-6-14)21-28-29-23(30(21)3)34-12-19(31)26-15-7-10-17(24)18(25)11-15/h5-11,13,20H,12H2,1-4H3,(H,26,31)(H,27,32). The molecule has 2 N–H and O–H groups in total. The molecule has 11 heteroatoms. The van der Waals surface area contributed by atoms with Gasteiger partial charge in [0, 0.05) is 18.3 Å². The number of hydrogen-bond donors (Lipinski definition) is 2. The van der Waals surface area contributed by atoms with E-state index in [4.69, 9.17) is 27.9 Å². The highest BCUT2D eigenvalue weighted by Crippen LogP contribution is 2.27. The molecule has 3 aromatic rings. The molecule has 3 rings (SSSR count). The summed E-state index contributed by atoms with van der Waals surface area (Å²) in [4.78, 5) is 25.2. The Labute approximate surface area is 212 Å². The first kappa shape index (κ1) is 25.9. The van der Waals surface area contributed by atoms with Gasteiger partial charge in [-0.3, -0.25) is 9.59 Å². The lowest BCUT2D eigenvalue weighted by atomic mass is 10.0. The highest BCUT2D eigenvalue weighted by atomic mass is 35.5. The van der Waals surface area contributed by atoms with Crippen LogP contribution < -0.4 is 15.4 Å². The lowest BCUT2D eigenvalue weighted by molar-refractivity contribution is -0.113. The summed E-state index contributed by atoms with van der Waals surface area (Å²) >= 11 is 13.1. The molecule has 8 nitrogen and oxygen atoms in total. The molecule has 0 saturated carbocycles. The fraction of sp³-hybridized carbons (Fsp3) is 0.304. The van der Waals surface area contributed by atoms with Crippen molar-refractivity contribution in [2.75, 3.05) is 18.2 Å². The van der Waals surface area contributed by atoms with Crippen LogP contribution in [0.15, 0.2) is 47.6 Å². The third-order valence-corrected chi connectivity index (χ3v) is 6.75. The maximum Gasteiger partial charge on any atom is 0.251 e. The van der Waals surface area contributed by atoms with Crippen molar-refractivity contribution in [3.8, 4) is 5.75 Å². The molecule has 0 fully saturated rings. The van der Waals surface area contributed by atoms with E-state index in [0.29, 0.717) is 38.0 Å². The Morgan fingerprint density at radius 1 is 1.09 bits per heavy atom. The third kappa shape index (κ3) is 6.43. The van der Waals surface area contributed by atoms with Crippen LogP contribution in [0.4, 0.5) is 5.69 Å². The predicted molar refractivity (Wildman–Crippen MR) is 135 cm³/mol. The highest BCUT2D eigenvalue weighted by molar-refractivity contribution is 7.99. The molecule has 0 bridgehead atoms. The van der Waals surface area contributed by atoms with E-state index >= 15 is 0 Å². The van der Waals surface area contributed by atoms with Crippen LogP contribution in [-0.2, 0) is 11.8 Å². The molecule has 0 saturated heterocycles. The van der Waals surface area contributed by atoms with Crippen molar-refractivity contribution in [1.82, 2.24) is 20.1 Å². The monoisotopic (exact) mass is 521 g/mol. The Bertz CT molecular complexity index is 1170. The Morgan fingerprint density at radius 3 is 2.41 bits per heavy atom. The second-order valence-electron chi connectivity index (χ2n) is 7.79. The Balaban J connectivity index is 1.65.